The van der Waals surface area contributed by atoms with Gasteiger partial charge in [0.1, 0.15) is 0 Å². The third-order valence-electron chi connectivity index (χ3n) is 1.83. The van der Waals surface area contributed by atoms with Crippen molar-refractivity contribution in [2.24, 2.45) is 5.73 Å². The Labute approximate surface area is 94.4 Å². The van der Waals surface area contributed by atoms with E-state index in [4.69, 9.17) is 5.73 Å². The standard InChI is InChI=1S/C11H16N2OS/c1-9(12)11(14)13-7-8-15-10-5-3-2-4-6-10/h2-6,9H,7-8,12H2,1H3,(H,13,14). The monoisotopic (exact) mass is 224 g/mol. The molecule has 0 aliphatic heterocycles. The van der Waals surface area contributed by atoms with Gasteiger partial charge < -0.3 is 11.1 Å². The zero-order valence-corrected chi connectivity index (χ0v) is 9.59. The minimum absolute atomic E-state index is 0.0938. The van der Waals surface area contributed by atoms with Gasteiger partial charge in [0.25, 0.3) is 0 Å². The molecule has 1 amide bonds. The fourth-order valence-corrected chi connectivity index (χ4v) is 1.81. The summed E-state index contributed by atoms with van der Waals surface area (Å²) in [7, 11) is 0. The maximum Gasteiger partial charge on any atom is 0.236 e. The molecule has 82 valence electrons. The maximum absolute atomic E-state index is 11.1. The van der Waals surface area contributed by atoms with Gasteiger partial charge in [-0.05, 0) is 19.1 Å². The number of carbonyl (C=O) groups excluding carboxylic acids is 1. The molecule has 1 unspecified atom stereocenters. The van der Waals surface area contributed by atoms with Gasteiger partial charge in [-0.25, -0.2) is 0 Å². The van der Waals surface area contributed by atoms with Gasteiger partial charge in [-0.2, -0.15) is 0 Å². The van der Waals surface area contributed by atoms with Crippen molar-refractivity contribution < 1.29 is 4.79 Å². The van der Waals surface area contributed by atoms with Crippen LogP contribution in [0.2, 0.25) is 0 Å². The van der Waals surface area contributed by atoms with Crippen molar-refractivity contribution in [3.05, 3.63) is 30.3 Å². The number of nitrogens with one attached hydrogen (secondary N) is 1. The summed E-state index contributed by atoms with van der Waals surface area (Å²) in [4.78, 5) is 12.3. The number of hydrogen-bond donors (Lipinski definition) is 2. The first-order valence-corrected chi connectivity index (χ1v) is 5.90. The second-order valence-corrected chi connectivity index (χ2v) is 4.41. The molecule has 0 bridgehead atoms. The molecule has 3 nitrogen and oxygen atoms in total. The molecule has 4 heteroatoms. The number of thioether (sulfide) groups is 1. The van der Waals surface area contributed by atoms with Gasteiger partial charge in [-0.1, -0.05) is 18.2 Å². The van der Waals surface area contributed by atoms with Crippen molar-refractivity contribution in [2.75, 3.05) is 12.3 Å². The molecule has 1 aromatic carbocycles. The largest absolute Gasteiger partial charge is 0.354 e. The van der Waals surface area contributed by atoms with Crippen LogP contribution in [0.1, 0.15) is 6.92 Å². The SMILES string of the molecule is CC(N)C(=O)NCCSc1ccccc1. The zero-order valence-electron chi connectivity index (χ0n) is 8.77. The molecule has 0 saturated heterocycles. The number of amides is 1. The fourth-order valence-electron chi connectivity index (χ4n) is 1.02. The van der Waals surface area contributed by atoms with Gasteiger partial charge in [0.2, 0.25) is 5.91 Å². The Bertz CT molecular complexity index is 301. The molecule has 0 heterocycles. The Balaban J connectivity index is 2.15. The Morgan fingerprint density at radius 3 is 2.73 bits per heavy atom. The lowest BCUT2D eigenvalue weighted by atomic mass is 10.3. The van der Waals surface area contributed by atoms with E-state index in [1.54, 1.807) is 18.7 Å². The molecule has 1 atom stereocenters. The second-order valence-electron chi connectivity index (χ2n) is 3.24. The molecule has 0 aliphatic rings. The van der Waals surface area contributed by atoms with Crippen molar-refractivity contribution >= 4 is 17.7 Å². The highest BCUT2D eigenvalue weighted by atomic mass is 32.2. The van der Waals surface area contributed by atoms with E-state index in [1.807, 2.05) is 18.2 Å². The molecule has 0 saturated carbocycles. The predicted octanol–water partition coefficient (Wildman–Crippen LogP) is 1.24. The number of rotatable bonds is 5. The summed E-state index contributed by atoms with van der Waals surface area (Å²) < 4.78 is 0. The summed E-state index contributed by atoms with van der Waals surface area (Å²) in [6, 6.07) is 9.68. The average molecular weight is 224 g/mol. The number of hydrogen-bond acceptors (Lipinski definition) is 3. The Morgan fingerprint density at radius 2 is 2.13 bits per heavy atom. The van der Waals surface area contributed by atoms with Crippen LogP contribution < -0.4 is 11.1 Å². The van der Waals surface area contributed by atoms with Crippen molar-refractivity contribution in [1.82, 2.24) is 5.32 Å². The van der Waals surface area contributed by atoms with Gasteiger partial charge >= 0.3 is 0 Å². The molecule has 1 rings (SSSR count). The Kier molecular flexibility index (Phi) is 5.21. The van der Waals surface area contributed by atoms with E-state index in [2.05, 4.69) is 17.4 Å². The van der Waals surface area contributed by atoms with Crippen LogP contribution in [0.5, 0.6) is 0 Å². The topological polar surface area (TPSA) is 55.1 Å². The van der Waals surface area contributed by atoms with E-state index >= 15 is 0 Å². The molecule has 0 aromatic heterocycles. The molecule has 0 radical (unpaired) electrons. The number of benzene rings is 1. The highest BCUT2D eigenvalue weighted by molar-refractivity contribution is 7.99. The third-order valence-corrected chi connectivity index (χ3v) is 2.84. The van der Waals surface area contributed by atoms with Crippen LogP contribution >= 0.6 is 11.8 Å². The lowest BCUT2D eigenvalue weighted by Gasteiger charge is -2.07. The van der Waals surface area contributed by atoms with Crippen LogP contribution in [-0.2, 0) is 4.79 Å². The van der Waals surface area contributed by atoms with Gasteiger partial charge in [0, 0.05) is 17.2 Å². The summed E-state index contributed by atoms with van der Waals surface area (Å²) in [5, 5.41) is 2.77. The molecule has 1 aromatic rings. The summed E-state index contributed by atoms with van der Waals surface area (Å²) >= 11 is 1.72. The molecule has 3 N–H and O–H groups in total. The number of carbonyl (C=O) groups is 1. The molecule has 0 spiro atoms. The van der Waals surface area contributed by atoms with Gasteiger partial charge in [0.15, 0.2) is 0 Å². The summed E-state index contributed by atoms with van der Waals surface area (Å²) in [5.41, 5.74) is 5.41. The fraction of sp³-hybridized carbons (Fsp3) is 0.364. The smallest absolute Gasteiger partial charge is 0.236 e. The van der Waals surface area contributed by atoms with Crippen LogP contribution in [0.4, 0.5) is 0 Å². The van der Waals surface area contributed by atoms with Gasteiger partial charge in [0.05, 0.1) is 6.04 Å². The lowest BCUT2D eigenvalue weighted by molar-refractivity contribution is -0.121. The van der Waals surface area contributed by atoms with Gasteiger partial charge in [-0.15, -0.1) is 11.8 Å². The first kappa shape index (κ1) is 12.1. The average Bonchev–Trinajstić information content (AvgIpc) is 2.25. The molecular formula is C11H16N2OS. The minimum Gasteiger partial charge on any atom is -0.354 e. The van der Waals surface area contributed by atoms with E-state index in [9.17, 15) is 4.79 Å². The van der Waals surface area contributed by atoms with Crippen LogP contribution in [0, 0.1) is 0 Å². The normalized spacial score (nSPS) is 12.1. The minimum atomic E-state index is -0.424. The summed E-state index contributed by atoms with van der Waals surface area (Å²) in [6.07, 6.45) is 0. The zero-order chi connectivity index (χ0) is 11.1. The third kappa shape index (κ3) is 4.85. The first-order chi connectivity index (χ1) is 7.20. The van der Waals surface area contributed by atoms with Crippen molar-refractivity contribution in [3.63, 3.8) is 0 Å². The van der Waals surface area contributed by atoms with Gasteiger partial charge in [-0.3, -0.25) is 4.79 Å². The van der Waals surface area contributed by atoms with Crippen LogP contribution in [-0.4, -0.2) is 24.2 Å². The predicted molar refractivity (Wildman–Crippen MR) is 63.8 cm³/mol. The van der Waals surface area contributed by atoms with E-state index in [1.165, 1.54) is 4.90 Å². The van der Waals surface area contributed by atoms with E-state index in [-0.39, 0.29) is 5.91 Å². The van der Waals surface area contributed by atoms with Crippen LogP contribution in [0.3, 0.4) is 0 Å². The van der Waals surface area contributed by atoms with Crippen molar-refractivity contribution in [3.8, 4) is 0 Å². The van der Waals surface area contributed by atoms with Crippen molar-refractivity contribution in [1.29, 1.82) is 0 Å². The quantitative estimate of drug-likeness (QED) is 0.584. The Hall–Kier alpha value is -1.00. The molecular weight excluding hydrogens is 208 g/mol. The lowest BCUT2D eigenvalue weighted by Crippen LogP contribution is -2.39. The molecule has 0 fully saturated rings. The van der Waals surface area contributed by atoms with Crippen molar-refractivity contribution in [2.45, 2.75) is 17.9 Å². The highest BCUT2D eigenvalue weighted by Gasteiger charge is 2.04. The van der Waals surface area contributed by atoms with E-state index in [0.29, 0.717) is 6.54 Å². The highest BCUT2D eigenvalue weighted by Crippen LogP contribution is 2.15. The van der Waals surface area contributed by atoms with E-state index in [0.717, 1.165) is 5.75 Å². The van der Waals surface area contributed by atoms with Crippen LogP contribution in [0.25, 0.3) is 0 Å². The maximum atomic E-state index is 11.1. The first-order valence-electron chi connectivity index (χ1n) is 4.91. The number of nitrogens with two attached hydrogens (primary N) is 1. The Morgan fingerprint density at radius 1 is 1.47 bits per heavy atom. The second kappa shape index (κ2) is 6.48. The van der Waals surface area contributed by atoms with Crippen LogP contribution in [0.15, 0.2) is 35.2 Å². The van der Waals surface area contributed by atoms with E-state index < -0.39 is 6.04 Å². The summed E-state index contributed by atoms with van der Waals surface area (Å²) in [6.45, 7) is 2.33. The summed E-state index contributed by atoms with van der Waals surface area (Å²) in [5.74, 6) is 0.770. The molecule has 15 heavy (non-hydrogen) atoms. The molecule has 0 aliphatic carbocycles.